The van der Waals surface area contributed by atoms with E-state index in [1.54, 1.807) is 31.4 Å². The zero-order valence-corrected chi connectivity index (χ0v) is 15.9. The number of nitrogens with one attached hydrogen (secondary N) is 1. The fraction of sp³-hybridized carbons (Fsp3) is 0.368. The second kappa shape index (κ2) is 6.26. The number of anilines is 2. The summed E-state index contributed by atoms with van der Waals surface area (Å²) >= 11 is 0. The van der Waals surface area contributed by atoms with Gasteiger partial charge in [-0.15, -0.1) is 0 Å². The molecule has 0 spiro atoms. The van der Waals surface area contributed by atoms with Crippen LogP contribution in [0.15, 0.2) is 47.4 Å². The Morgan fingerprint density at radius 3 is 2.36 bits per heavy atom. The van der Waals surface area contributed by atoms with E-state index < -0.39 is 10.0 Å². The molecule has 0 fully saturated rings. The van der Waals surface area contributed by atoms with E-state index >= 15 is 0 Å². The van der Waals surface area contributed by atoms with Crippen LogP contribution < -0.4 is 14.4 Å². The van der Waals surface area contributed by atoms with Crippen molar-refractivity contribution in [2.45, 2.75) is 31.1 Å². The van der Waals surface area contributed by atoms with E-state index in [1.807, 2.05) is 18.2 Å². The van der Waals surface area contributed by atoms with Crippen molar-refractivity contribution in [1.82, 2.24) is 0 Å². The van der Waals surface area contributed by atoms with Gasteiger partial charge < -0.3 is 10.1 Å². The molecule has 1 heterocycles. The standard InChI is InChI=1S/C19H24N2O3S/c1-19(2,3)14-5-8-16(9-6-14)25(22,23)21-12-11-20-17-13-15(24-4)7-10-18(17)21/h5-10,13,20H,11-12H2,1-4H3. The Balaban J connectivity index is 1.99. The monoisotopic (exact) mass is 360 g/mol. The summed E-state index contributed by atoms with van der Waals surface area (Å²) in [6.07, 6.45) is 0. The van der Waals surface area contributed by atoms with Gasteiger partial charge in [-0.3, -0.25) is 4.31 Å². The highest BCUT2D eigenvalue weighted by Crippen LogP contribution is 2.36. The van der Waals surface area contributed by atoms with Crippen molar-refractivity contribution in [3.05, 3.63) is 48.0 Å². The Hall–Kier alpha value is -2.21. The van der Waals surface area contributed by atoms with Crippen LogP contribution in [0.1, 0.15) is 26.3 Å². The van der Waals surface area contributed by atoms with Crippen molar-refractivity contribution in [3.8, 4) is 5.75 Å². The third-order valence-corrected chi connectivity index (χ3v) is 6.24. The number of sulfonamides is 1. The van der Waals surface area contributed by atoms with E-state index in [0.717, 1.165) is 11.3 Å². The average molecular weight is 360 g/mol. The lowest BCUT2D eigenvalue weighted by molar-refractivity contribution is 0.415. The minimum atomic E-state index is -3.60. The van der Waals surface area contributed by atoms with E-state index in [0.29, 0.717) is 29.4 Å². The molecule has 0 unspecified atom stereocenters. The van der Waals surface area contributed by atoms with Gasteiger partial charge in [0, 0.05) is 12.6 Å². The molecular formula is C19H24N2O3S. The van der Waals surface area contributed by atoms with Crippen LogP contribution >= 0.6 is 0 Å². The zero-order chi connectivity index (χ0) is 18.2. The normalized spacial score (nSPS) is 14.6. The van der Waals surface area contributed by atoms with Crippen LogP contribution in [0.5, 0.6) is 5.75 Å². The topological polar surface area (TPSA) is 58.6 Å². The van der Waals surface area contributed by atoms with Gasteiger partial charge in [0.1, 0.15) is 5.75 Å². The molecule has 0 saturated heterocycles. The highest BCUT2D eigenvalue weighted by molar-refractivity contribution is 7.92. The minimum absolute atomic E-state index is 0.0134. The van der Waals surface area contributed by atoms with Crippen LogP contribution in [0.3, 0.4) is 0 Å². The summed E-state index contributed by atoms with van der Waals surface area (Å²) in [6, 6.07) is 12.6. The molecule has 2 aromatic carbocycles. The fourth-order valence-electron chi connectivity index (χ4n) is 2.92. The minimum Gasteiger partial charge on any atom is -0.497 e. The Bertz CT molecular complexity index is 869. The van der Waals surface area contributed by atoms with Gasteiger partial charge in [-0.2, -0.15) is 0 Å². The highest BCUT2D eigenvalue weighted by atomic mass is 32.2. The summed E-state index contributed by atoms with van der Waals surface area (Å²) in [5.74, 6) is 0.694. The molecular weight excluding hydrogens is 336 g/mol. The SMILES string of the molecule is COc1ccc2c(c1)NCCN2S(=O)(=O)c1ccc(C(C)(C)C)cc1. The van der Waals surface area contributed by atoms with Crippen LogP contribution in [0, 0.1) is 0 Å². The number of ether oxygens (including phenoxy) is 1. The maximum atomic E-state index is 13.1. The molecule has 0 bridgehead atoms. The number of fused-ring (bicyclic) bond motifs is 1. The molecule has 0 radical (unpaired) electrons. The number of nitrogens with zero attached hydrogens (tertiary/aromatic N) is 1. The van der Waals surface area contributed by atoms with Crippen LogP contribution in [0.4, 0.5) is 11.4 Å². The first-order valence-electron chi connectivity index (χ1n) is 8.29. The molecule has 0 amide bonds. The van der Waals surface area contributed by atoms with Crippen molar-refractivity contribution >= 4 is 21.4 Å². The number of benzene rings is 2. The first kappa shape index (κ1) is 17.6. The molecule has 1 aliphatic heterocycles. The fourth-order valence-corrected chi connectivity index (χ4v) is 4.40. The largest absolute Gasteiger partial charge is 0.497 e. The van der Waals surface area contributed by atoms with Crippen LogP contribution in [-0.4, -0.2) is 28.6 Å². The zero-order valence-electron chi connectivity index (χ0n) is 15.0. The Labute approximate surface area is 149 Å². The lowest BCUT2D eigenvalue weighted by atomic mass is 9.87. The van der Waals surface area contributed by atoms with Gasteiger partial charge in [-0.25, -0.2) is 8.42 Å². The van der Waals surface area contributed by atoms with Crippen molar-refractivity contribution in [1.29, 1.82) is 0 Å². The molecule has 1 aliphatic rings. The number of hydrogen-bond acceptors (Lipinski definition) is 4. The van der Waals surface area contributed by atoms with E-state index in [2.05, 4.69) is 26.1 Å². The predicted octanol–water partition coefficient (Wildman–Crippen LogP) is 3.61. The first-order chi connectivity index (χ1) is 11.7. The molecule has 0 aromatic heterocycles. The Morgan fingerprint density at radius 2 is 1.76 bits per heavy atom. The second-order valence-corrected chi connectivity index (χ2v) is 9.02. The molecule has 2 aromatic rings. The molecule has 6 heteroatoms. The quantitative estimate of drug-likeness (QED) is 0.908. The van der Waals surface area contributed by atoms with Crippen molar-refractivity contribution in [2.75, 3.05) is 29.8 Å². The van der Waals surface area contributed by atoms with Gasteiger partial charge in [0.2, 0.25) is 0 Å². The second-order valence-electron chi connectivity index (χ2n) is 7.16. The van der Waals surface area contributed by atoms with Gasteiger partial charge in [0.15, 0.2) is 0 Å². The van der Waals surface area contributed by atoms with Gasteiger partial charge >= 0.3 is 0 Å². The molecule has 3 rings (SSSR count). The van der Waals surface area contributed by atoms with Crippen molar-refractivity contribution in [3.63, 3.8) is 0 Å². The first-order valence-corrected chi connectivity index (χ1v) is 9.73. The summed E-state index contributed by atoms with van der Waals surface area (Å²) in [5, 5.41) is 3.23. The van der Waals surface area contributed by atoms with Gasteiger partial charge in [0.05, 0.1) is 29.9 Å². The average Bonchev–Trinajstić information content (AvgIpc) is 2.60. The molecule has 5 nitrogen and oxygen atoms in total. The van der Waals surface area contributed by atoms with Gasteiger partial charge in [-0.1, -0.05) is 32.9 Å². The molecule has 25 heavy (non-hydrogen) atoms. The smallest absolute Gasteiger partial charge is 0.264 e. The van der Waals surface area contributed by atoms with E-state index in [-0.39, 0.29) is 5.41 Å². The molecule has 1 N–H and O–H groups in total. The maximum absolute atomic E-state index is 13.1. The van der Waals surface area contributed by atoms with Crippen molar-refractivity contribution < 1.29 is 13.2 Å². The Morgan fingerprint density at radius 1 is 1.08 bits per heavy atom. The highest BCUT2D eigenvalue weighted by Gasteiger charge is 2.29. The summed E-state index contributed by atoms with van der Waals surface area (Å²) in [6.45, 7) is 7.27. The number of methoxy groups -OCH3 is 1. The van der Waals surface area contributed by atoms with Gasteiger partial charge in [-0.05, 0) is 35.2 Å². The number of rotatable bonds is 3. The molecule has 0 aliphatic carbocycles. The summed E-state index contributed by atoms with van der Waals surface area (Å²) < 4.78 is 33.0. The summed E-state index contributed by atoms with van der Waals surface area (Å²) in [5.41, 5.74) is 2.50. The van der Waals surface area contributed by atoms with E-state index in [4.69, 9.17) is 4.74 Å². The predicted molar refractivity (Wildman–Crippen MR) is 101 cm³/mol. The third kappa shape index (κ3) is 3.31. The lowest BCUT2D eigenvalue weighted by Gasteiger charge is -2.31. The molecule has 0 atom stereocenters. The summed E-state index contributed by atoms with van der Waals surface area (Å²) in [4.78, 5) is 0.309. The van der Waals surface area contributed by atoms with Gasteiger partial charge in [0.25, 0.3) is 10.0 Å². The summed E-state index contributed by atoms with van der Waals surface area (Å²) in [7, 11) is -2.01. The van der Waals surface area contributed by atoms with Crippen molar-refractivity contribution in [2.24, 2.45) is 0 Å². The third-order valence-electron chi connectivity index (χ3n) is 4.41. The lowest BCUT2D eigenvalue weighted by Crippen LogP contribution is -2.38. The molecule has 0 saturated carbocycles. The van der Waals surface area contributed by atoms with Crippen LogP contribution in [-0.2, 0) is 15.4 Å². The van der Waals surface area contributed by atoms with E-state index in [1.165, 1.54) is 4.31 Å². The van der Waals surface area contributed by atoms with Crippen LogP contribution in [0.25, 0.3) is 0 Å². The Kier molecular flexibility index (Phi) is 4.41. The van der Waals surface area contributed by atoms with E-state index in [9.17, 15) is 8.42 Å². The van der Waals surface area contributed by atoms with Crippen LogP contribution in [0.2, 0.25) is 0 Å². The number of hydrogen-bond donors (Lipinski definition) is 1. The molecule has 134 valence electrons. The maximum Gasteiger partial charge on any atom is 0.264 e.